The summed E-state index contributed by atoms with van der Waals surface area (Å²) in [5.74, 6) is 6.40. The molecule has 1 aromatic carbocycles. The zero-order chi connectivity index (χ0) is 18.3. The minimum absolute atomic E-state index is 0.0267. The first-order valence-electron chi connectivity index (χ1n) is 9.50. The van der Waals surface area contributed by atoms with Gasteiger partial charge in [0.2, 0.25) is 0 Å². The van der Waals surface area contributed by atoms with E-state index in [-0.39, 0.29) is 6.29 Å². The van der Waals surface area contributed by atoms with Crippen molar-refractivity contribution in [3.05, 3.63) is 64.8 Å². The number of pyridine rings is 1. The van der Waals surface area contributed by atoms with Crippen LogP contribution in [0.4, 0.5) is 0 Å². The number of aromatic nitrogens is 1. The normalized spacial score (nSPS) is 16.8. The Hall–Kier alpha value is -2.19. The van der Waals surface area contributed by atoms with Crippen LogP contribution in [0.2, 0.25) is 0 Å². The molecule has 0 bridgehead atoms. The molecule has 0 saturated carbocycles. The minimum atomic E-state index is -0.0267. The van der Waals surface area contributed by atoms with Crippen molar-refractivity contribution in [2.24, 2.45) is 0 Å². The van der Waals surface area contributed by atoms with Crippen molar-refractivity contribution in [1.82, 2.24) is 4.98 Å². The van der Waals surface area contributed by atoms with Gasteiger partial charge in [0.05, 0.1) is 12.3 Å². The lowest BCUT2D eigenvalue weighted by Gasteiger charge is -2.22. The predicted molar refractivity (Wildman–Crippen MR) is 110 cm³/mol. The molecular weight excluding hydrogens is 354 g/mol. The van der Waals surface area contributed by atoms with E-state index in [1.54, 1.807) is 11.3 Å². The average Bonchev–Trinajstić information content (AvgIpc) is 3.20. The number of nitrogens with zero attached hydrogens (tertiary/aromatic N) is 1. The minimum Gasteiger partial charge on any atom is -0.353 e. The van der Waals surface area contributed by atoms with Gasteiger partial charge in [-0.25, -0.2) is 0 Å². The molecule has 1 fully saturated rings. The van der Waals surface area contributed by atoms with Crippen LogP contribution in [0.1, 0.15) is 42.5 Å². The Balaban J connectivity index is 1.29. The summed E-state index contributed by atoms with van der Waals surface area (Å²) in [6, 6.07) is 12.7. The van der Waals surface area contributed by atoms with E-state index in [0.29, 0.717) is 6.61 Å². The Morgan fingerprint density at radius 2 is 2.07 bits per heavy atom. The third-order valence-corrected chi connectivity index (χ3v) is 5.57. The maximum absolute atomic E-state index is 5.70. The van der Waals surface area contributed by atoms with Crippen LogP contribution in [0, 0.1) is 11.8 Å². The molecule has 0 spiro atoms. The molecule has 3 aromatic rings. The molecule has 27 heavy (non-hydrogen) atoms. The first kappa shape index (κ1) is 18.2. The molecule has 0 amide bonds. The molecule has 1 aliphatic rings. The SMILES string of the molecule is C(#Cc1ccc(Cc2nccc3sccc23)cc1)CCOC1CCCCO1. The lowest BCUT2D eigenvalue weighted by Crippen LogP contribution is -2.22. The highest BCUT2D eigenvalue weighted by Gasteiger charge is 2.12. The third kappa shape index (κ3) is 4.95. The van der Waals surface area contributed by atoms with E-state index in [9.17, 15) is 0 Å². The van der Waals surface area contributed by atoms with Gasteiger partial charge in [-0.3, -0.25) is 4.98 Å². The number of ether oxygens (including phenoxy) is 2. The van der Waals surface area contributed by atoms with Gasteiger partial charge in [-0.05, 0) is 54.5 Å². The maximum Gasteiger partial charge on any atom is 0.157 e. The number of thiophene rings is 1. The zero-order valence-electron chi connectivity index (χ0n) is 15.3. The van der Waals surface area contributed by atoms with Gasteiger partial charge in [-0.2, -0.15) is 0 Å². The molecule has 1 unspecified atom stereocenters. The second-order valence-electron chi connectivity index (χ2n) is 6.68. The summed E-state index contributed by atoms with van der Waals surface area (Å²) in [6.45, 7) is 1.45. The van der Waals surface area contributed by atoms with E-state index in [1.165, 1.54) is 22.1 Å². The van der Waals surface area contributed by atoms with Gasteiger partial charge in [0.25, 0.3) is 0 Å². The first-order chi connectivity index (χ1) is 13.4. The van der Waals surface area contributed by atoms with Crippen molar-refractivity contribution >= 4 is 21.4 Å². The van der Waals surface area contributed by atoms with Crippen LogP contribution in [-0.4, -0.2) is 24.5 Å². The summed E-state index contributed by atoms with van der Waals surface area (Å²) in [5, 5.41) is 3.38. The molecule has 0 radical (unpaired) electrons. The molecule has 4 rings (SSSR count). The van der Waals surface area contributed by atoms with Crippen LogP contribution >= 0.6 is 11.3 Å². The Kier molecular flexibility index (Phi) is 6.16. The van der Waals surface area contributed by atoms with E-state index in [2.05, 4.69) is 58.6 Å². The highest BCUT2D eigenvalue weighted by Crippen LogP contribution is 2.24. The number of hydrogen-bond acceptors (Lipinski definition) is 4. The Morgan fingerprint density at radius 1 is 1.15 bits per heavy atom. The molecule has 0 N–H and O–H groups in total. The predicted octanol–water partition coefficient (Wildman–Crippen LogP) is 5.17. The molecule has 1 saturated heterocycles. The Labute approximate surface area is 164 Å². The van der Waals surface area contributed by atoms with Gasteiger partial charge in [-0.1, -0.05) is 24.0 Å². The zero-order valence-corrected chi connectivity index (χ0v) is 16.1. The maximum atomic E-state index is 5.70. The van der Waals surface area contributed by atoms with Crippen molar-refractivity contribution in [3.8, 4) is 11.8 Å². The lowest BCUT2D eigenvalue weighted by molar-refractivity contribution is -0.161. The third-order valence-electron chi connectivity index (χ3n) is 4.69. The van der Waals surface area contributed by atoms with E-state index < -0.39 is 0 Å². The van der Waals surface area contributed by atoms with Crippen LogP contribution in [-0.2, 0) is 15.9 Å². The van der Waals surface area contributed by atoms with E-state index >= 15 is 0 Å². The van der Waals surface area contributed by atoms with Crippen LogP contribution in [0.15, 0.2) is 48.0 Å². The standard InChI is InChI=1S/C23H23NO2S/c1(3-14-25-23-6-2-4-15-26-23)5-18-7-9-19(10-8-18)17-21-20-12-16-27-22(20)11-13-24-21/h7-13,16,23H,2-4,6,14-15,17H2. The van der Waals surface area contributed by atoms with E-state index in [1.807, 2.05) is 6.20 Å². The number of rotatable bonds is 5. The van der Waals surface area contributed by atoms with Gasteiger partial charge in [0.1, 0.15) is 0 Å². The fraction of sp³-hybridized carbons (Fsp3) is 0.348. The number of benzene rings is 1. The average molecular weight is 378 g/mol. The van der Waals surface area contributed by atoms with Crippen LogP contribution < -0.4 is 0 Å². The van der Waals surface area contributed by atoms with Crippen LogP contribution in [0.3, 0.4) is 0 Å². The molecule has 1 atom stereocenters. The molecule has 3 nitrogen and oxygen atoms in total. The summed E-state index contributed by atoms with van der Waals surface area (Å²) < 4.78 is 12.6. The summed E-state index contributed by atoms with van der Waals surface area (Å²) in [6.07, 6.45) is 6.79. The van der Waals surface area contributed by atoms with Crippen molar-refractivity contribution in [3.63, 3.8) is 0 Å². The molecule has 0 aliphatic carbocycles. The van der Waals surface area contributed by atoms with Gasteiger partial charge in [-0.15, -0.1) is 11.3 Å². The van der Waals surface area contributed by atoms with Crippen molar-refractivity contribution < 1.29 is 9.47 Å². The quantitative estimate of drug-likeness (QED) is 0.454. The number of fused-ring (bicyclic) bond motifs is 1. The van der Waals surface area contributed by atoms with Crippen molar-refractivity contribution in [1.29, 1.82) is 0 Å². The summed E-state index contributed by atoms with van der Waals surface area (Å²) in [5.41, 5.74) is 3.42. The smallest absolute Gasteiger partial charge is 0.157 e. The van der Waals surface area contributed by atoms with Crippen LogP contribution in [0.25, 0.3) is 10.1 Å². The van der Waals surface area contributed by atoms with Gasteiger partial charge >= 0.3 is 0 Å². The first-order valence-corrected chi connectivity index (χ1v) is 10.4. The lowest BCUT2D eigenvalue weighted by atomic mass is 10.1. The topological polar surface area (TPSA) is 31.4 Å². The fourth-order valence-corrected chi connectivity index (χ4v) is 4.04. The van der Waals surface area contributed by atoms with Crippen LogP contribution in [0.5, 0.6) is 0 Å². The van der Waals surface area contributed by atoms with Gasteiger partial charge in [0, 0.05) is 41.3 Å². The highest BCUT2D eigenvalue weighted by molar-refractivity contribution is 7.17. The van der Waals surface area contributed by atoms with E-state index in [4.69, 9.17) is 9.47 Å². The van der Waals surface area contributed by atoms with Gasteiger partial charge in [0.15, 0.2) is 6.29 Å². The summed E-state index contributed by atoms with van der Waals surface area (Å²) in [4.78, 5) is 4.56. The molecule has 3 heterocycles. The Morgan fingerprint density at radius 3 is 2.93 bits per heavy atom. The molecular formula is C23H23NO2S. The summed E-state index contributed by atoms with van der Waals surface area (Å²) in [7, 11) is 0. The summed E-state index contributed by atoms with van der Waals surface area (Å²) >= 11 is 1.76. The van der Waals surface area contributed by atoms with Crippen molar-refractivity contribution in [2.45, 2.75) is 38.4 Å². The second kappa shape index (κ2) is 9.14. The second-order valence-corrected chi connectivity index (χ2v) is 7.63. The highest BCUT2D eigenvalue weighted by atomic mass is 32.1. The van der Waals surface area contributed by atoms with Crippen molar-refractivity contribution in [2.75, 3.05) is 13.2 Å². The molecule has 2 aromatic heterocycles. The van der Waals surface area contributed by atoms with Gasteiger partial charge < -0.3 is 9.47 Å². The largest absolute Gasteiger partial charge is 0.353 e. The molecule has 1 aliphatic heterocycles. The molecule has 4 heteroatoms. The molecule has 138 valence electrons. The fourth-order valence-electron chi connectivity index (χ4n) is 3.24. The number of hydrogen-bond donors (Lipinski definition) is 0. The van der Waals surface area contributed by atoms with E-state index in [0.717, 1.165) is 43.5 Å². The monoisotopic (exact) mass is 377 g/mol. The Bertz CT molecular complexity index is 930.